The van der Waals surface area contributed by atoms with Gasteiger partial charge in [-0.25, -0.2) is 0 Å². The van der Waals surface area contributed by atoms with Crippen molar-refractivity contribution in [3.63, 3.8) is 0 Å². The summed E-state index contributed by atoms with van der Waals surface area (Å²) in [5.41, 5.74) is 0. The van der Waals surface area contributed by atoms with Crippen LogP contribution in [0.5, 0.6) is 0 Å². The van der Waals surface area contributed by atoms with E-state index in [4.69, 9.17) is 0 Å². The van der Waals surface area contributed by atoms with Gasteiger partial charge >= 0.3 is 5.97 Å². The molecule has 0 aliphatic carbocycles. The highest BCUT2D eigenvalue weighted by Crippen LogP contribution is 2.69. The topological polar surface area (TPSA) is 98.2 Å². The van der Waals surface area contributed by atoms with Crippen LogP contribution in [-0.2, 0) is 14.4 Å². The number of likely N-dealkylation sites (tertiary alicyclic amines) is 1. The Balaban J connectivity index is 2.16. The van der Waals surface area contributed by atoms with Gasteiger partial charge in [-0.2, -0.15) is 0 Å². The largest absolute Gasteiger partial charge is 0.481 e. The van der Waals surface area contributed by atoms with E-state index in [9.17, 15) is 24.6 Å². The summed E-state index contributed by atoms with van der Waals surface area (Å²) in [6, 6.07) is -1.36. The monoisotopic (exact) mass is 424 g/mol. The predicted octanol–water partition coefficient (Wildman–Crippen LogP) is 1.60. The zero-order valence-corrected chi connectivity index (χ0v) is 18.4. The molecule has 162 valence electrons. The van der Waals surface area contributed by atoms with Crippen molar-refractivity contribution in [1.82, 2.24) is 9.80 Å². The lowest BCUT2D eigenvalue weighted by atomic mass is 9.66. The smallest absolute Gasteiger partial charge is 0.308 e. The molecular formula is C21H32N2O5S. The first kappa shape index (κ1) is 22.2. The summed E-state index contributed by atoms with van der Waals surface area (Å²) in [5.74, 6) is -2.91. The van der Waals surface area contributed by atoms with Crippen molar-refractivity contribution in [2.45, 2.75) is 68.7 Å². The van der Waals surface area contributed by atoms with E-state index in [1.807, 2.05) is 27.7 Å². The van der Waals surface area contributed by atoms with E-state index in [2.05, 4.69) is 6.58 Å². The lowest BCUT2D eigenvalue weighted by Gasteiger charge is -2.42. The summed E-state index contributed by atoms with van der Waals surface area (Å²) >= 11 is 1.53. The molecule has 3 rings (SSSR count). The van der Waals surface area contributed by atoms with Gasteiger partial charge in [-0.3, -0.25) is 14.4 Å². The molecule has 29 heavy (non-hydrogen) atoms. The van der Waals surface area contributed by atoms with E-state index < -0.39 is 34.6 Å². The zero-order valence-electron chi connectivity index (χ0n) is 17.6. The lowest BCUT2D eigenvalue weighted by Crippen LogP contribution is -2.60. The minimum Gasteiger partial charge on any atom is -0.481 e. The maximum absolute atomic E-state index is 13.9. The molecule has 8 heteroatoms. The van der Waals surface area contributed by atoms with Crippen molar-refractivity contribution in [3.8, 4) is 0 Å². The van der Waals surface area contributed by atoms with Gasteiger partial charge in [0.25, 0.3) is 0 Å². The Labute approximate surface area is 176 Å². The van der Waals surface area contributed by atoms with Crippen LogP contribution in [-0.4, -0.2) is 79.1 Å². The third-order valence-corrected chi connectivity index (χ3v) is 9.09. The highest BCUT2D eigenvalue weighted by atomic mass is 32.2. The van der Waals surface area contributed by atoms with Gasteiger partial charge < -0.3 is 20.0 Å². The molecular weight excluding hydrogens is 392 g/mol. The number of aliphatic hydroxyl groups excluding tert-OH is 1. The summed E-state index contributed by atoms with van der Waals surface area (Å²) in [7, 11) is 0. The molecule has 0 saturated carbocycles. The Kier molecular flexibility index (Phi) is 6.07. The van der Waals surface area contributed by atoms with E-state index in [-0.39, 0.29) is 35.6 Å². The van der Waals surface area contributed by atoms with Crippen LogP contribution in [0.3, 0.4) is 0 Å². The van der Waals surface area contributed by atoms with Gasteiger partial charge in [0.1, 0.15) is 6.04 Å². The summed E-state index contributed by atoms with van der Waals surface area (Å²) in [4.78, 5) is 42.8. The van der Waals surface area contributed by atoms with Crippen LogP contribution in [0.1, 0.15) is 40.5 Å². The Morgan fingerprint density at radius 3 is 2.59 bits per heavy atom. The first-order chi connectivity index (χ1) is 13.7. The van der Waals surface area contributed by atoms with Crippen LogP contribution in [0, 0.1) is 17.8 Å². The SMILES string of the molecule is C=CCN(C(=O)C1N([C@@H](CC)CO)C(=O)[C@@H]2[C@@H](C(=O)O)[C@H]3CC(C)C12S3)C(C)C. The van der Waals surface area contributed by atoms with Crippen LogP contribution in [0.15, 0.2) is 12.7 Å². The molecule has 3 fully saturated rings. The molecule has 0 radical (unpaired) electrons. The Morgan fingerprint density at radius 1 is 1.45 bits per heavy atom. The van der Waals surface area contributed by atoms with E-state index >= 15 is 0 Å². The number of amides is 2. The Bertz CT molecular complexity index is 709. The fourth-order valence-corrected chi connectivity index (χ4v) is 8.07. The van der Waals surface area contributed by atoms with Crippen molar-refractivity contribution in [2.24, 2.45) is 17.8 Å². The minimum absolute atomic E-state index is 0.0370. The van der Waals surface area contributed by atoms with Crippen LogP contribution in [0.25, 0.3) is 0 Å². The molecule has 7 atom stereocenters. The number of aliphatic hydroxyl groups is 1. The number of hydrogen-bond donors (Lipinski definition) is 2. The number of carboxylic acid groups (broad SMARTS) is 1. The summed E-state index contributed by atoms with van der Waals surface area (Å²) in [6.07, 6.45) is 2.85. The van der Waals surface area contributed by atoms with E-state index in [0.29, 0.717) is 19.4 Å². The number of carbonyl (C=O) groups is 3. The molecule has 3 saturated heterocycles. The standard InChI is InChI=1S/C21H32N2O5S/c1-6-8-22(11(3)4)19(26)17-21-12(5)9-14(29-21)15(20(27)28)16(21)18(25)23(17)13(7-2)10-24/h6,11-17,24H,1,7-10H2,2-5H3,(H,27,28)/t12?,13-,14+,15-,16-,17?,21?/m0/s1. The Morgan fingerprint density at radius 2 is 2.10 bits per heavy atom. The molecule has 2 amide bonds. The first-order valence-electron chi connectivity index (χ1n) is 10.4. The molecule has 3 aliphatic rings. The highest BCUT2D eigenvalue weighted by Gasteiger charge is 2.76. The van der Waals surface area contributed by atoms with Crippen LogP contribution in [0.2, 0.25) is 0 Å². The van der Waals surface area contributed by atoms with Crippen molar-refractivity contribution in [3.05, 3.63) is 12.7 Å². The first-order valence-corrected chi connectivity index (χ1v) is 11.3. The number of thioether (sulfide) groups is 1. The van der Waals surface area contributed by atoms with E-state index in [1.54, 1.807) is 11.0 Å². The highest BCUT2D eigenvalue weighted by molar-refractivity contribution is 8.02. The molecule has 0 aromatic rings. The Hall–Kier alpha value is -1.54. The number of rotatable bonds is 8. The lowest BCUT2D eigenvalue weighted by molar-refractivity contribution is -0.150. The van der Waals surface area contributed by atoms with Crippen molar-refractivity contribution >= 4 is 29.5 Å². The number of nitrogens with zero attached hydrogens (tertiary/aromatic N) is 2. The quantitative estimate of drug-likeness (QED) is 0.575. The molecule has 7 nitrogen and oxygen atoms in total. The molecule has 3 aliphatic heterocycles. The maximum atomic E-state index is 13.9. The second-order valence-corrected chi connectivity index (χ2v) is 10.3. The third kappa shape index (κ3) is 3.02. The van der Waals surface area contributed by atoms with Gasteiger partial charge in [-0.05, 0) is 32.6 Å². The van der Waals surface area contributed by atoms with Crippen LogP contribution < -0.4 is 0 Å². The van der Waals surface area contributed by atoms with Crippen LogP contribution in [0.4, 0.5) is 0 Å². The van der Waals surface area contributed by atoms with E-state index in [0.717, 1.165) is 0 Å². The molecule has 3 heterocycles. The van der Waals surface area contributed by atoms with Gasteiger partial charge in [0.2, 0.25) is 11.8 Å². The van der Waals surface area contributed by atoms with Gasteiger partial charge in [-0.15, -0.1) is 18.3 Å². The molecule has 0 aromatic heterocycles. The molecule has 1 spiro atoms. The molecule has 2 bridgehead atoms. The average Bonchev–Trinajstić information content (AvgIpc) is 3.24. The van der Waals surface area contributed by atoms with Gasteiger partial charge in [-0.1, -0.05) is 19.9 Å². The summed E-state index contributed by atoms with van der Waals surface area (Å²) in [6.45, 7) is 11.6. The van der Waals surface area contributed by atoms with Crippen LogP contribution >= 0.6 is 11.8 Å². The molecule has 0 aromatic carbocycles. The predicted molar refractivity (Wildman–Crippen MR) is 111 cm³/mol. The summed E-state index contributed by atoms with van der Waals surface area (Å²) < 4.78 is -0.765. The van der Waals surface area contributed by atoms with Gasteiger partial charge in [0.05, 0.1) is 29.2 Å². The number of carbonyl (C=O) groups excluding carboxylic acids is 2. The average molecular weight is 425 g/mol. The molecule has 2 N–H and O–H groups in total. The van der Waals surface area contributed by atoms with Crippen molar-refractivity contribution in [1.29, 1.82) is 0 Å². The minimum atomic E-state index is -0.966. The second-order valence-electron chi connectivity index (χ2n) is 8.75. The van der Waals surface area contributed by atoms with Gasteiger partial charge in [0.15, 0.2) is 0 Å². The fourth-order valence-electron chi connectivity index (χ4n) is 5.68. The second kappa shape index (κ2) is 7.95. The van der Waals surface area contributed by atoms with Gasteiger partial charge in [0, 0.05) is 17.8 Å². The number of hydrogen-bond acceptors (Lipinski definition) is 5. The summed E-state index contributed by atoms with van der Waals surface area (Å²) in [5, 5.41) is 19.7. The number of carboxylic acids is 1. The normalized spacial score (nSPS) is 36.4. The number of fused-ring (bicyclic) bond motifs is 1. The zero-order chi connectivity index (χ0) is 21.7. The number of aliphatic carboxylic acids is 1. The van der Waals surface area contributed by atoms with Crippen molar-refractivity contribution in [2.75, 3.05) is 13.2 Å². The van der Waals surface area contributed by atoms with E-state index in [1.165, 1.54) is 16.7 Å². The maximum Gasteiger partial charge on any atom is 0.308 e. The third-order valence-electron chi connectivity index (χ3n) is 7.01. The molecule has 3 unspecified atom stereocenters. The van der Waals surface area contributed by atoms with Crippen molar-refractivity contribution < 1.29 is 24.6 Å². The fraction of sp³-hybridized carbons (Fsp3) is 0.762.